The van der Waals surface area contributed by atoms with Crippen LogP contribution in [-0.2, 0) is 0 Å². The zero-order chi connectivity index (χ0) is 10.8. The van der Waals surface area contributed by atoms with Crippen LogP contribution in [0.2, 0.25) is 5.02 Å². The van der Waals surface area contributed by atoms with Crippen LogP contribution in [0.15, 0.2) is 34.9 Å². The lowest BCUT2D eigenvalue weighted by atomic mass is 10.1. The number of benzene rings is 1. The fourth-order valence-corrected chi connectivity index (χ4v) is 1.26. The Hall–Kier alpha value is -1.81. The van der Waals surface area contributed by atoms with Crippen LogP contribution in [-0.4, -0.2) is 10.8 Å². The predicted molar refractivity (Wildman–Crippen MR) is 55.8 cm³/mol. The first-order valence-corrected chi connectivity index (χ1v) is 4.56. The van der Waals surface area contributed by atoms with Gasteiger partial charge in [0.05, 0.1) is 6.20 Å². The van der Waals surface area contributed by atoms with Gasteiger partial charge in [0.25, 0.3) is 6.01 Å². The van der Waals surface area contributed by atoms with Gasteiger partial charge in [-0.1, -0.05) is 11.6 Å². The van der Waals surface area contributed by atoms with Crippen molar-refractivity contribution < 1.29 is 9.21 Å². The van der Waals surface area contributed by atoms with E-state index in [-0.39, 0.29) is 17.6 Å². The number of anilines is 1. The number of hydrogen-bond acceptors (Lipinski definition) is 4. The van der Waals surface area contributed by atoms with Crippen LogP contribution in [0.3, 0.4) is 0 Å². The monoisotopic (exact) mass is 222 g/mol. The van der Waals surface area contributed by atoms with Gasteiger partial charge in [0.1, 0.15) is 0 Å². The molecule has 0 aliphatic carbocycles. The lowest BCUT2D eigenvalue weighted by molar-refractivity contribution is 0.101. The van der Waals surface area contributed by atoms with Crippen molar-refractivity contribution in [1.82, 2.24) is 4.98 Å². The van der Waals surface area contributed by atoms with Gasteiger partial charge in [-0.15, -0.1) is 0 Å². The number of nitrogens with zero attached hydrogens (tertiary/aromatic N) is 1. The lowest BCUT2D eigenvalue weighted by Gasteiger charge is -1.96. The highest BCUT2D eigenvalue weighted by Crippen LogP contribution is 2.14. The van der Waals surface area contributed by atoms with Gasteiger partial charge in [0, 0.05) is 10.6 Å². The molecule has 1 aromatic carbocycles. The standard InChI is InChI=1S/C10H7ClN2O2/c11-7-3-1-6(2-4-7)9(14)8-5-13-10(12)15-8/h1-5H,(H2,12,13). The second-order valence-electron chi connectivity index (χ2n) is 2.90. The van der Waals surface area contributed by atoms with Crippen molar-refractivity contribution in [2.45, 2.75) is 0 Å². The summed E-state index contributed by atoms with van der Waals surface area (Å²) in [5, 5.41) is 0.573. The minimum Gasteiger partial charge on any atom is -0.420 e. The molecule has 0 bridgehead atoms. The maximum Gasteiger partial charge on any atom is 0.292 e. The molecule has 0 spiro atoms. The fourth-order valence-electron chi connectivity index (χ4n) is 1.14. The van der Waals surface area contributed by atoms with E-state index in [4.69, 9.17) is 21.8 Å². The summed E-state index contributed by atoms with van der Waals surface area (Å²) in [4.78, 5) is 15.4. The van der Waals surface area contributed by atoms with E-state index in [0.717, 1.165) is 0 Å². The van der Waals surface area contributed by atoms with Gasteiger partial charge < -0.3 is 10.2 Å². The van der Waals surface area contributed by atoms with Crippen molar-refractivity contribution in [2.75, 3.05) is 5.73 Å². The van der Waals surface area contributed by atoms with Gasteiger partial charge in [0.15, 0.2) is 5.76 Å². The quantitative estimate of drug-likeness (QED) is 0.791. The Morgan fingerprint density at radius 1 is 1.33 bits per heavy atom. The molecule has 0 saturated carbocycles. The third-order valence-corrected chi connectivity index (χ3v) is 2.11. The van der Waals surface area contributed by atoms with E-state index in [1.54, 1.807) is 24.3 Å². The molecular weight excluding hydrogens is 216 g/mol. The van der Waals surface area contributed by atoms with Crippen molar-refractivity contribution in [3.63, 3.8) is 0 Å². The number of rotatable bonds is 2. The molecule has 0 aliphatic heterocycles. The molecule has 76 valence electrons. The number of nitrogen functional groups attached to an aromatic ring is 1. The Balaban J connectivity index is 2.32. The Morgan fingerprint density at radius 3 is 2.53 bits per heavy atom. The van der Waals surface area contributed by atoms with Crippen molar-refractivity contribution >= 4 is 23.4 Å². The SMILES string of the molecule is Nc1ncc(C(=O)c2ccc(Cl)cc2)o1. The summed E-state index contributed by atoms with van der Waals surface area (Å²) in [6, 6.07) is 6.47. The molecule has 2 aromatic rings. The van der Waals surface area contributed by atoms with Crippen molar-refractivity contribution in [1.29, 1.82) is 0 Å². The predicted octanol–water partition coefficient (Wildman–Crippen LogP) is 2.14. The second-order valence-corrected chi connectivity index (χ2v) is 3.34. The molecule has 0 atom stereocenters. The number of carbonyl (C=O) groups excluding carboxylic acids is 1. The largest absolute Gasteiger partial charge is 0.420 e. The van der Waals surface area contributed by atoms with Crippen LogP contribution in [0.4, 0.5) is 6.01 Å². The first-order valence-electron chi connectivity index (χ1n) is 4.18. The molecule has 1 heterocycles. The molecule has 0 amide bonds. The number of oxazole rings is 1. The van der Waals surface area contributed by atoms with Gasteiger partial charge in [-0.2, -0.15) is 0 Å². The van der Waals surface area contributed by atoms with Crippen LogP contribution >= 0.6 is 11.6 Å². The molecule has 0 fully saturated rings. The Morgan fingerprint density at radius 2 is 2.00 bits per heavy atom. The average Bonchev–Trinajstić information content (AvgIpc) is 2.65. The third kappa shape index (κ3) is 1.99. The normalized spacial score (nSPS) is 10.2. The summed E-state index contributed by atoms with van der Waals surface area (Å²) in [6.07, 6.45) is 1.30. The van der Waals surface area contributed by atoms with E-state index in [1.807, 2.05) is 0 Å². The minimum absolute atomic E-state index is 0.0210. The summed E-state index contributed by atoms with van der Waals surface area (Å²) in [6.45, 7) is 0. The number of aromatic nitrogens is 1. The summed E-state index contributed by atoms with van der Waals surface area (Å²) in [7, 11) is 0. The maximum atomic E-state index is 11.7. The Kier molecular flexibility index (Phi) is 2.43. The van der Waals surface area contributed by atoms with Crippen LogP contribution < -0.4 is 5.73 Å². The zero-order valence-corrected chi connectivity index (χ0v) is 8.36. The van der Waals surface area contributed by atoms with E-state index in [9.17, 15) is 4.79 Å². The average molecular weight is 223 g/mol. The molecule has 5 heteroatoms. The molecule has 2 rings (SSSR count). The molecule has 0 unspecified atom stereocenters. The third-order valence-electron chi connectivity index (χ3n) is 1.85. The molecule has 15 heavy (non-hydrogen) atoms. The van der Waals surface area contributed by atoms with Gasteiger partial charge in [-0.3, -0.25) is 4.79 Å². The molecule has 0 saturated heterocycles. The highest BCUT2D eigenvalue weighted by atomic mass is 35.5. The van der Waals surface area contributed by atoms with Crippen LogP contribution in [0.1, 0.15) is 16.1 Å². The molecular formula is C10H7ClN2O2. The van der Waals surface area contributed by atoms with Crippen molar-refractivity contribution in [2.24, 2.45) is 0 Å². The van der Waals surface area contributed by atoms with Crippen molar-refractivity contribution in [3.8, 4) is 0 Å². The number of hydrogen-bond donors (Lipinski definition) is 1. The molecule has 4 nitrogen and oxygen atoms in total. The van der Waals surface area contributed by atoms with Gasteiger partial charge in [-0.25, -0.2) is 4.98 Å². The summed E-state index contributed by atoms with van der Waals surface area (Å²) < 4.78 is 4.91. The number of halogens is 1. The molecule has 0 radical (unpaired) electrons. The van der Waals surface area contributed by atoms with E-state index >= 15 is 0 Å². The van der Waals surface area contributed by atoms with Gasteiger partial charge >= 0.3 is 0 Å². The fraction of sp³-hybridized carbons (Fsp3) is 0. The van der Waals surface area contributed by atoms with E-state index in [1.165, 1.54) is 6.20 Å². The first kappa shape index (κ1) is 9.73. The zero-order valence-electron chi connectivity index (χ0n) is 7.61. The van der Waals surface area contributed by atoms with Crippen LogP contribution in [0.25, 0.3) is 0 Å². The molecule has 2 N–H and O–H groups in total. The highest BCUT2D eigenvalue weighted by Gasteiger charge is 2.13. The second kappa shape index (κ2) is 3.74. The van der Waals surface area contributed by atoms with Gasteiger partial charge in [-0.05, 0) is 24.3 Å². The number of nitrogens with two attached hydrogens (primary N) is 1. The van der Waals surface area contributed by atoms with E-state index in [0.29, 0.717) is 10.6 Å². The summed E-state index contributed by atoms with van der Waals surface area (Å²) in [5.41, 5.74) is 5.75. The molecule has 1 aromatic heterocycles. The Labute approximate surface area is 90.7 Å². The number of ketones is 1. The smallest absolute Gasteiger partial charge is 0.292 e. The van der Waals surface area contributed by atoms with Crippen molar-refractivity contribution in [3.05, 3.63) is 46.8 Å². The van der Waals surface area contributed by atoms with E-state index in [2.05, 4.69) is 4.98 Å². The Bertz CT molecular complexity index is 490. The topological polar surface area (TPSA) is 69.1 Å². The number of carbonyl (C=O) groups is 1. The minimum atomic E-state index is -0.268. The summed E-state index contributed by atoms with van der Waals surface area (Å²) >= 11 is 5.70. The maximum absolute atomic E-state index is 11.7. The first-order chi connectivity index (χ1) is 7.16. The van der Waals surface area contributed by atoms with Gasteiger partial charge in [0.2, 0.25) is 5.78 Å². The summed E-state index contributed by atoms with van der Waals surface area (Å²) in [5.74, 6) is -0.148. The van der Waals surface area contributed by atoms with Crippen LogP contribution in [0.5, 0.6) is 0 Å². The van der Waals surface area contributed by atoms with Crippen LogP contribution in [0, 0.1) is 0 Å². The highest BCUT2D eigenvalue weighted by molar-refractivity contribution is 6.30. The molecule has 0 aliphatic rings. The lowest BCUT2D eigenvalue weighted by Crippen LogP contribution is -1.98. The van der Waals surface area contributed by atoms with E-state index < -0.39 is 0 Å².